The molecule has 1 N–H and O–H groups in total. The molecule has 17 heavy (non-hydrogen) atoms. The highest BCUT2D eigenvalue weighted by Crippen LogP contribution is 2.25. The minimum Gasteiger partial charge on any atom is -0.481 e. The van der Waals surface area contributed by atoms with Gasteiger partial charge < -0.3 is 5.11 Å². The van der Waals surface area contributed by atoms with Gasteiger partial charge in [0.15, 0.2) is 0 Å². The monoisotopic (exact) mass is 229 g/mol. The van der Waals surface area contributed by atoms with Crippen molar-refractivity contribution in [2.24, 2.45) is 0 Å². The first-order valence-electron chi connectivity index (χ1n) is 5.15. The molecule has 0 bridgehead atoms. The molecule has 0 aromatic carbocycles. The van der Waals surface area contributed by atoms with Gasteiger partial charge in [-0.05, 0) is 17.7 Å². The summed E-state index contributed by atoms with van der Waals surface area (Å²) >= 11 is 0. The molecular formula is C12H11N3O2. The summed E-state index contributed by atoms with van der Waals surface area (Å²) in [6.07, 6.45) is 7.98. The van der Waals surface area contributed by atoms with Crippen LogP contribution in [0.2, 0.25) is 0 Å². The fourth-order valence-electron chi connectivity index (χ4n) is 1.65. The van der Waals surface area contributed by atoms with E-state index >= 15 is 0 Å². The van der Waals surface area contributed by atoms with Gasteiger partial charge in [-0.25, -0.2) is 0 Å². The number of nitrogens with zero attached hydrogens (tertiary/aromatic N) is 3. The Kier molecular flexibility index (Phi) is 3.40. The molecule has 0 aliphatic carbocycles. The molecule has 0 aliphatic rings. The van der Waals surface area contributed by atoms with E-state index in [-0.39, 0.29) is 12.3 Å². The molecule has 0 amide bonds. The fourth-order valence-corrected chi connectivity index (χ4v) is 1.65. The summed E-state index contributed by atoms with van der Waals surface area (Å²) in [5.41, 5.74) is 1.53. The van der Waals surface area contributed by atoms with Crippen LogP contribution in [0.5, 0.6) is 0 Å². The smallest absolute Gasteiger partial charge is 0.304 e. The van der Waals surface area contributed by atoms with Crippen molar-refractivity contribution in [1.29, 1.82) is 0 Å². The minimum absolute atomic E-state index is 0.0112. The molecule has 2 aromatic heterocycles. The molecule has 1 unspecified atom stereocenters. The lowest BCUT2D eigenvalue weighted by molar-refractivity contribution is -0.137. The van der Waals surface area contributed by atoms with E-state index in [0.29, 0.717) is 5.69 Å². The third kappa shape index (κ3) is 2.84. The van der Waals surface area contributed by atoms with Crippen LogP contribution in [0.3, 0.4) is 0 Å². The van der Waals surface area contributed by atoms with E-state index in [2.05, 4.69) is 15.0 Å². The molecule has 0 spiro atoms. The zero-order valence-electron chi connectivity index (χ0n) is 9.02. The van der Waals surface area contributed by atoms with Crippen molar-refractivity contribution in [1.82, 2.24) is 15.0 Å². The van der Waals surface area contributed by atoms with Gasteiger partial charge in [-0.3, -0.25) is 19.7 Å². The maximum atomic E-state index is 10.9. The number of rotatable bonds is 4. The highest BCUT2D eigenvalue weighted by Gasteiger charge is 2.18. The Morgan fingerprint density at radius 1 is 1.18 bits per heavy atom. The first-order valence-corrected chi connectivity index (χ1v) is 5.15. The molecule has 0 saturated heterocycles. The number of carbonyl (C=O) groups is 1. The van der Waals surface area contributed by atoms with Gasteiger partial charge in [-0.15, -0.1) is 0 Å². The van der Waals surface area contributed by atoms with Crippen LogP contribution < -0.4 is 0 Å². The third-order valence-corrected chi connectivity index (χ3v) is 2.43. The standard InChI is InChI=1S/C12H11N3O2/c16-12(17)7-10(9-1-3-13-4-2-9)11-8-14-5-6-15-11/h1-6,8,10H,7H2,(H,16,17). The number of aromatic nitrogens is 3. The van der Waals surface area contributed by atoms with Gasteiger partial charge in [0.2, 0.25) is 0 Å². The van der Waals surface area contributed by atoms with E-state index in [0.717, 1.165) is 5.56 Å². The molecule has 2 rings (SSSR count). The Bertz CT molecular complexity index is 448. The van der Waals surface area contributed by atoms with E-state index in [1.165, 1.54) is 0 Å². The first-order chi connectivity index (χ1) is 8.27. The van der Waals surface area contributed by atoms with Crippen LogP contribution in [0, 0.1) is 0 Å². The van der Waals surface area contributed by atoms with Gasteiger partial charge in [-0.2, -0.15) is 0 Å². The van der Waals surface area contributed by atoms with Gasteiger partial charge in [-0.1, -0.05) is 0 Å². The number of pyridine rings is 1. The molecule has 86 valence electrons. The molecule has 1 atom stereocenters. The normalized spacial score (nSPS) is 12.0. The molecule has 2 aromatic rings. The Balaban J connectivity index is 2.36. The maximum absolute atomic E-state index is 10.9. The average Bonchev–Trinajstić information content (AvgIpc) is 2.38. The van der Waals surface area contributed by atoms with E-state index < -0.39 is 5.97 Å². The van der Waals surface area contributed by atoms with Crippen molar-refractivity contribution < 1.29 is 9.90 Å². The predicted molar refractivity (Wildman–Crippen MR) is 60.4 cm³/mol. The quantitative estimate of drug-likeness (QED) is 0.859. The van der Waals surface area contributed by atoms with Gasteiger partial charge in [0.25, 0.3) is 0 Å². The zero-order valence-corrected chi connectivity index (χ0v) is 9.02. The lowest BCUT2D eigenvalue weighted by Gasteiger charge is -2.13. The number of carboxylic acid groups (broad SMARTS) is 1. The molecule has 5 heteroatoms. The number of aliphatic carboxylic acids is 1. The molecule has 5 nitrogen and oxygen atoms in total. The summed E-state index contributed by atoms with van der Waals surface area (Å²) < 4.78 is 0. The first kappa shape index (κ1) is 11.2. The van der Waals surface area contributed by atoms with Crippen molar-refractivity contribution in [3.8, 4) is 0 Å². The van der Waals surface area contributed by atoms with E-state index in [1.807, 2.05) is 0 Å². The van der Waals surface area contributed by atoms with Gasteiger partial charge in [0.1, 0.15) is 0 Å². The minimum atomic E-state index is -0.863. The molecule has 0 fully saturated rings. The Labute approximate surface area is 98.2 Å². The Hall–Kier alpha value is -2.30. The van der Waals surface area contributed by atoms with Gasteiger partial charge in [0.05, 0.1) is 12.1 Å². The Morgan fingerprint density at radius 2 is 1.94 bits per heavy atom. The van der Waals surface area contributed by atoms with Crippen LogP contribution in [0.4, 0.5) is 0 Å². The SMILES string of the molecule is O=C(O)CC(c1ccncc1)c1cnccn1. The fraction of sp³-hybridized carbons (Fsp3) is 0.167. The summed E-state index contributed by atoms with van der Waals surface area (Å²) in [6, 6.07) is 3.59. The molecule has 0 aliphatic heterocycles. The number of hydrogen-bond donors (Lipinski definition) is 1. The second-order valence-corrected chi connectivity index (χ2v) is 3.56. The van der Waals surface area contributed by atoms with Crippen molar-refractivity contribution in [2.45, 2.75) is 12.3 Å². The molecule has 0 radical (unpaired) electrons. The van der Waals surface area contributed by atoms with Gasteiger partial charge >= 0.3 is 5.97 Å². The maximum Gasteiger partial charge on any atom is 0.304 e. The predicted octanol–water partition coefficient (Wildman–Crippen LogP) is 1.48. The summed E-state index contributed by atoms with van der Waals surface area (Å²) in [6.45, 7) is 0. The highest BCUT2D eigenvalue weighted by molar-refractivity contribution is 5.68. The lowest BCUT2D eigenvalue weighted by atomic mass is 9.93. The van der Waals surface area contributed by atoms with Crippen molar-refractivity contribution in [3.05, 3.63) is 54.4 Å². The van der Waals surface area contributed by atoms with Crippen molar-refractivity contribution >= 4 is 5.97 Å². The summed E-state index contributed by atoms with van der Waals surface area (Å²) in [5, 5.41) is 8.94. The second-order valence-electron chi connectivity index (χ2n) is 3.56. The van der Waals surface area contributed by atoms with E-state index in [4.69, 9.17) is 5.11 Å². The van der Waals surface area contributed by atoms with Crippen molar-refractivity contribution in [3.63, 3.8) is 0 Å². The van der Waals surface area contributed by atoms with Crippen LogP contribution >= 0.6 is 0 Å². The van der Waals surface area contributed by atoms with E-state index in [9.17, 15) is 4.79 Å². The summed E-state index contributed by atoms with van der Waals surface area (Å²) in [4.78, 5) is 22.9. The molecule has 0 saturated carbocycles. The second kappa shape index (κ2) is 5.16. The number of hydrogen-bond acceptors (Lipinski definition) is 4. The van der Waals surface area contributed by atoms with E-state index in [1.54, 1.807) is 43.1 Å². The topological polar surface area (TPSA) is 76.0 Å². The van der Waals surface area contributed by atoms with Crippen LogP contribution in [-0.4, -0.2) is 26.0 Å². The van der Waals surface area contributed by atoms with Gasteiger partial charge in [0, 0.05) is 36.9 Å². The van der Waals surface area contributed by atoms with Crippen LogP contribution in [0.1, 0.15) is 23.6 Å². The summed E-state index contributed by atoms with van der Waals surface area (Å²) in [5.74, 6) is -1.15. The zero-order chi connectivity index (χ0) is 12.1. The molecule has 2 heterocycles. The third-order valence-electron chi connectivity index (χ3n) is 2.43. The van der Waals surface area contributed by atoms with Crippen molar-refractivity contribution in [2.75, 3.05) is 0 Å². The Morgan fingerprint density at radius 3 is 2.53 bits per heavy atom. The lowest BCUT2D eigenvalue weighted by Crippen LogP contribution is -2.09. The van der Waals surface area contributed by atoms with Crippen LogP contribution in [0.15, 0.2) is 43.1 Å². The molecular weight excluding hydrogens is 218 g/mol. The number of carboxylic acids is 1. The van der Waals surface area contributed by atoms with Crippen LogP contribution in [0.25, 0.3) is 0 Å². The largest absolute Gasteiger partial charge is 0.481 e. The summed E-state index contributed by atoms with van der Waals surface area (Å²) in [7, 11) is 0. The average molecular weight is 229 g/mol. The highest BCUT2D eigenvalue weighted by atomic mass is 16.4. The van der Waals surface area contributed by atoms with Crippen LogP contribution in [-0.2, 0) is 4.79 Å².